The lowest BCUT2D eigenvalue weighted by Gasteiger charge is -2.27. The molecule has 2 heteroatoms. The van der Waals surface area contributed by atoms with Crippen molar-refractivity contribution in [2.75, 3.05) is 4.90 Å². The van der Waals surface area contributed by atoms with Gasteiger partial charge < -0.3 is 4.90 Å². The number of benzene rings is 7. The SMILES string of the molecule is [2H]c1cc(N(c2cc(-c3c([2H])c([2H])c([2H])c([2H])c3[2H])c3sc4c([2H])c([2H])c([2H])c([2H])c4c3c2)c2ccc(-c3c([2H])c([2H])c([2H])c([2H])c3[2H])c([2H])c2[2H])c([2H])c([2H])c1-c1c([2H])c([2H])c([2H])c([2H])c1[2H]. The van der Waals surface area contributed by atoms with Crippen LogP contribution in [0.15, 0.2) is 175 Å². The van der Waals surface area contributed by atoms with Crippen LogP contribution in [-0.2, 0) is 0 Å². The quantitative estimate of drug-likeness (QED) is 0.183. The summed E-state index contributed by atoms with van der Waals surface area (Å²) >= 11 is 0.828. The number of rotatable bonds is 6. The highest BCUT2D eigenvalue weighted by Crippen LogP contribution is 2.45. The van der Waals surface area contributed by atoms with E-state index in [0.717, 1.165) is 28.4 Å². The molecule has 0 N–H and O–H groups in total. The van der Waals surface area contributed by atoms with E-state index < -0.39 is 173 Å². The molecule has 44 heavy (non-hydrogen) atoms. The second kappa shape index (κ2) is 11.3. The number of thiophene rings is 1. The van der Waals surface area contributed by atoms with Gasteiger partial charge in [0.25, 0.3) is 0 Å². The van der Waals surface area contributed by atoms with Crippen LogP contribution in [0.2, 0.25) is 0 Å². The second-order valence-electron chi connectivity index (χ2n) is 9.19. The molecule has 1 nitrogen and oxygen atoms in total. The zero-order chi connectivity index (χ0) is 50.2. The fourth-order valence-electron chi connectivity index (χ4n) is 4.69. The summed E-state index contributed by atoms with van der Waals surface area (Å²) in [6.07, 6.45) is 0. The van der Waals surface area contributed by atoms with Gasteiger partial charge in [-0.25, -0.2) is 0 Å². The van der Waals surface area contributed by atoms with Gasteiger partial charge in [-0.05, 0) is 70.2 Å². The smallest absolute Gasteiger partial charge is 0.0645 e. The van der Waals surface area contributed by atoms with E-state index in [1.807, 2.05) is 0 Å². The molecule has 8 aromatic rings. The van der Waals surface area contributed by atoms with E-state index in [-0.39, 0.29) is 42.7 Å². The van der Waals surface area contributed by atoms with Gasteiger partial charge in [-0.2, -0.15) is 0 Å². The molecule has 0 saturated carbocycles. The average molecular weight is 604 g/mol. The Hall–Kier alpha value is -5.44. The molecule has 1 aromatic heterocycles. The Bertz CT molecular complexity index is 3500. The highest BCUT2D eigenvalue weighted by molar-refractivity contribution is 7.26. The molecule has 0 bridgehead atoms. The summed E-state index contributed by atoms with van der Waals surface area (Å²) in [4.78, 5) is 1.07. The maximum atomic E-state index is 9.46. The van der Waals surface area contributed by atoms with Crippen LogP contribution in [0.3, 0.4) is 0 Å². The Morgan fingerprint density at radius 2 is 0.977 bits per heavy atom. The van der Waals surface area contributed by atoms with E-state index in [0.29, 0.717) is 0 Å². The Morgan fingerprint density at radius 3 is 1.70 bits per heavy atom. The van der Waals surface area contributed by atoms with Crippen LogP contribution in [0.1, 0.15) is 32.9 Å². The van der Waals surface area contributed by atoms with E-state index in [1.165, 1.54) is 18.2 Å². The minimum Gasteiger partial charge on any atom is -0.310 e. The molecule has 0 amide bonds. The zero-order valence-corrected chi connectivity index (χ0v) is 23.1. The molecule has 8 rings (SSSR count). The Balaban J connectivity index is 1.56. The van der Waals surface area contributed by atoms with Crippen LogP contribution in [-0.4, -0.2) is 0 Å². The average Bonchev–Trinajstić information content (AvgIpc) is 3.71. The van der Waals surface area contributed by atoms with Crippen LogP contribution in [0.4, 0.5) is 17.1 Å². The lowest BCUT2D eigenvalue weighted by Crippen LogP contribution is -2.10. The zero-order valence-electron chi connectivity index (χ0n) is 46.2. The maximum absolute atomic E-state index is 9.46. The van der Waals surface area contributed by atoms with Gasteiger partial charge in [0.05, 0.1) is 32.9 Å². The number of nitrogens with zero attached hydrogens (tertiary/aromatic N) is 1. The van der Waals surface area contributed by atoms with Gasteiger partial charge >= 0.3 is 0 Å². The van der Waals surface area contributed by atoms with Gasteiger partial charge in [-0.3, -0.25) is 0 Å². The monoisotopic (exact) mass is 603 g/mol. The third-order valence-corrected chi connectivity index (χ3v) is 7.79. The standard InChI is InChI=1S/C42H29NS/c1-4-12-30(13-5-1)32-20-24-35(25-21-32)43(36-26-22-33(23-27-36)31-14-6-2-7-15-31)37-28-39(34-16-8-3-9-17-34)42-40(29-37)38-18-10-11-19-41(38)44-42/h1-29H/i1D,2D,3D,4D,5D,6D,7D,8D,9D,10D,11D,12D,13D,14D,15D,16D,17D,18D,19D,20D,21D,22D,24D,26D. The minimum atomic E-state index is -0.841. The van der Waals surface area contributed by atoms with Gasteiger partial charge in [0.1, 0.15) is 0 Å². The summed E-state index contributed by atoms with van der Waals surface area (Å²) in [5, 5.41) is -0.0469. The molecule has 0 fully saturated rings. The normalized spacial score (nSPS) is 18.8. The molecule has 0 radical (unpaired) electrons. The molecule has 208 valence electrons. The molecule has 0 aliphatic carbocycles. The van der Waals surface area contributed by atoms with Crippen molar-refractivity contribution in [1.82, 2.24) is 0 Å². The fourth-order valence-corrected chi connectivity index (χ4v) is 5.80. The van der Waals surface area contributed by atoms with Gasteiger partial charge in [-0.15, -0.1) is 11.3 Å². The summed E-state index contributed by atoms with van der Waals surface area (Å²) < 4.78 is 208. The Kier molecular flexibility index (Phi) is 2.90. The van der Waals surface area contributed by atoms with E-state index in [9.17, 15) is 6.85 Å². The fraction of sp³-hybridized carbons (Fsp3) is 0. The molecule has 0 spiro atoms. The van der Waals surface area contributed by atoms with Crippen LogP contribution in [0.5, 0.6) is 0 Å². The van der Waals surface area contributed by atoms with Crippen molar-refractivity contribution >= 4 is 48.6 Å². The van der Waals surface area contributed by atoms with Crippen molar-refractivity contribution < 1.29 is 32.9 Å². The lowest BCUT2D eigenvalue weighted by molar-refractivity contribution is 1.29. The van der Waals surface area contributed by atoms with Gasteiger partial charge in [-0.1, -0.05) is 133 Å². The topological polar surface area (TPSA) is 3.24 Å². The summed E-state index contributed by atoms with van der Waals surface area (Å²) in [6.45, 7) is 0. The van der Waals surface area contributed by atoms with Crippen molar-refractivity contribution in [3.8, 4) is 33.4 Å². The first-order chi connectivity index (χ1) is 31.8. The van der Waals surface area contributed by atoms with Gasteiger partial charge in [0.15, 0.2) is 0 Å². The second-order valence-corrected chi connectivity index (χ2v) is 10.2. The van der Waals surface area contributed by atoms with E-state index >= 15 is 0 Å². The minimum absolute atomic E-state index is 0.00644. The summed E-state index contributed by atoms with van der Waals surface area (Å²) in [7, 11) is 0. The lowest BCUT2D eigenvalue weighted by atomic mass is 10.00. The van der Waals surface area contributed by atoms with Crippen molar-refractivity contribution in [3.63, 3.8) is 0 Å². The molecular weight excluding hydrogens is 551 g/mol. The van der Waals surface area contributed by atoms with E-state index in [2.05, 4.69) is 0 Å². The van der Waals surface area contributed by atoms with Crippen LogP contribution < -0.4 is 4.90 Å². The molecule has 0 atom stereocenters. The van der Waals surface area contributed by atoms with Crippen molar-refractivity contribution in [3.05, 3.63) is 175 Å². The first-order valence-electron chi connectivity index (χ1n) is 25.0. The van der Waals surface area contributed by atoms with Crippen molar-refractivity contribution in [2.24, 2.45) is 0 Å². The van der Waals surface area contributed by atoms with Crippen LogP contribution in [0, 0.1) is 0 Å². The third-order valence-electron chi connectivity index (χ3n) is 6.63. The van der Waals surface area contributed by atoms with Crippen molar-refractivity contribution in [2.45, 2.75) is 0 Å². The summed E-state index contributed by atoms with van der Waals surface area (Å²) in [5.41, 5.74) is -3.34. The Labute approximate surface area is 295 Å². The number of anilines is 3. The first-order valence-corrected chi connectivity index (χ1v) is 13.8. The largest absolute Gasteiger partial charge is 0.310 e. The van der Waals surface area contributed by atoms with Gasteiger partial charge in [0, 0.05) is 42.8 Å². The molecule has 0 unspecified atom stereocenters. The van der Waals surface area contributed by atoms with E-state index in [1.54, 1.807) is 0 Å². The van der Waals surface area contributed by atoms with E-state index in [4.69, 9.17) is 26.0 Å². The highest BCUT2D eigenvalue weighted by atomic mass is 32.1. The van der Waals surface area contributed by atoms with Crippen molar-refractivity contribution in [1.29, 1.82) is 0 Å². The number of hydrogen-bond donors (Lipinski definition) is 0. The molecule has 0 aliphatic rings. The highest BCUT2D eigenvalue weighted by Gasteiger charge is 2.19. The Morgan fingerprint density at radius 1 is 0.409 bits per heavy atom. The first kappa shape index (κ1) is 11.2. The summed E-state index contributed by atoms with van der Waals surface area (Å²) in [6, 6.07) is -11.1. The van der Waals surface area contributed by atoms with Crippen LogP contribution >= 0.6 is 11.3 Å². The molecular formula is C42H29NS. The number of fused-ring (bicyclic) bond motifs is 3. The molecule has 0 saturated heterocycles. The molecule has 0 aliphatic heterocycles. The predicted octanol–water partition coefficient (Wildman–Crippen LogP) is 12.5. The predicted molar refractivity (Wildman–Crippen MR) is 190 cm³/mol. The van der Waals surface area contributed by atoms with Gasteiger partial charge in [0.2, 0.25) is 0 Å². The molecule has 1 heterocycles. The third kappa shape index (κ3) is 4.86. The maximum Gasteiger partial charge on any atom is 0.0645 e. The number of hydrogen-bond acceptors (Lipinski definition) is 2. The molecule has 7 aromatic carbocycles. The van der Waals surface area contributed by atoms with Crippen LogP contribution in [0.25, 0.3) is 53.6 Å². The summed E-state index contributed by atoms with van der Waals surface area (Å²) in [5.74, 6) is 0.